The maximum Gasteiger partial charge on any atom is -0.0167 e. The molecule has 0 heterocycles. The molecule has 25 heavy (non-hydrogen) atoms. The van der Waals surface area contributed by atoms with Gasteiger partial charge in [-0.1, -0.05) is 38.2 Å². The molecule has 0 saturated heterocycles. The number of unbranched alkanes of at least 4 members (excludes halogenated alkanes) is 1. The summed E-state index contributed by atoms with van der Waals surface area (Å²) in [5.74, 6) is 0.625. The Hall–Kier alpha value is -0.666. The van der Waals surface area contributed by atoms with E-state index in [1.54, 1.807) is 0 Å². The van der Waals surface area contributed by atoms with E-state index in [9.17, 15) is 0 Å². The van der Waals surface area contributed by atoms with Crippen molar-refractivity contribution in [3.63, 3.8) is 0 Å². The average molecular weight is 380 g/mol. The Morgan fingerprint density at radius 3 is 1.76 bits per heavy atom. The molecular formula is C22H40N2Ti. The zero-order chi connectivity index (χ0) is 19.9. The minimum absolute atomic E-state index is 0.625. The van der Waals surface area contributed by atoms with E-state index in [0.29, 0.717) is 5.92 Å². The van der Waals surface area contributed by atoms with Crippen LogP contribution >= 0.6 is 0 Å². The molecule has 0 amide bonds. The van der Waals surface area contributed by atoms with Gasteiger partial charge < -0.3 is 17.6 Å². The largest absolute Gasteiger partial charge is 0.342 e. The number of hydrogen-bond donors (Lipinski definition) is 2. The molecule has 3 heteroatoms. The number of nitrogens with one attached hydrogen (secondary N) is 2. The van der Waals surface area contributed by atoms with Crippen LogP contribution in [0.3, 0.4) is 0 Å². The molecule has 1 aliphatic rings. The molecule has 0 fully saturated rings. The second-order valence-corrected chi connectivity index (χ2v) is 6.32. The molecule has 0 atom stereocenters. The van der Waals surface area contributed by atoms with Crippen molar-refractivity contribution < 1.29 is 20.0 Å². The average Bonchev–Trinajstić information content (AvgIpc) is 3.22. The fourth-order valence-corrected chi connectivity index (χ4v) is 1.98. The Balaban J connectivity index is -0.000000255. The first kappa shape index (κ1) is 29.1. The van der Waals surface area contributed by atoms with E-state index in [1.165, 1.54) is 24.0 Å². The fraction of sp³-hybridized carbons (Fsp3) is 0.500. The molecule has 0 aliphatic heterocycles. The van der Waals surface area contributed by atoms with Gasteiger partial charge in [0.2, 0.25) is 0 Å². The van der Waals surface area contributed by atoms with E-state index >= 15 is 0 Å². The van der Waals surface area contributed by atoms with E-state index in [0.717, 1.165) is 6.42 Å². The van der Waals surface area contributed by atoms with Gasteiger partial charge in [0, 0.05) is 0 Å². The summed E-state index contributed by atoms with van der Waals surface area (Å²) in [5.41, 5.74) is 2.72. The van der Waals surface area contributed by atoms with E-state index in [2.05, 4.69) is 105 Å². The monoisotopic (exact) mass is 380 g/mol. The first-order chi connectivity index (χ1) is 12.0. The van der Waals surface area contributed by atoms with Gasteiger partial charge in [0.1, 0.15) is 0 Å². The first-order valence-corrected chi connectivity index (χ1v) is 9.87. The van der Waals surface area contributed by atoms with Crippen LogP contribution in [0.25, 0.3) is 0 Å². The molecule has 2 rings (SSSR count). The Labute approximate surface area is 169 Å². The minimum Gasteiger partial charge on any atom is -0.342 e. The fourth-order valence-electron chi connectivity index (χ4n) is 1.53. The third-order valence-electron chi connectivity index (χ3n) is 2.66. The van der Waals surface area contributed by atoms with E-state index in [-0.39, 0.29) is 0 Å². The Kier molecular flexibility index (Phi) is 29.8. The van der Waals surface area contributed by atoms with Gasteiger partial charge in [-0.15, -0.1) is 0 Å². The van der Waals surface area contributed by atoms with Crippen LogP contribution in [0.5, 0.6) is 0 Å². The maximum atomic E-state index is 3.77. The molecule has 0 aromatic heterocycles. The smallest absolute Gasteiger partial charge is 0.0167 e. The summed E-state index contributed by atoms with van der Waals surface area (Å²) in [6.07, 6.45) is 12.0. The number of allylic oxidation sites excluding steroid dienone is 4. The van der Waals surface area contributed by atoms with E-state index in [4.69, 9.17) is 0 Å². The van der Waals surface area contributed by atoms with Gasteiger partial charge in [0.15, 0.2) is 0 Å². The van der Waals surface area contributed by atoms with Crippen molar-refractivity contribution in [1.82, 2.24) is 10.6 Å². The van der Waals surface area contributed by atoms with Gasteiger partial charge in [0.25, 0.3) is 0 Å². The summed E-state index contributed by atoms with van der Waals surface area (Å²) < 4.78 is 2.18. The first-order valence-electron chi connectivity index (χ1n) is 8.97. The number of hydrogen-bond acceptors (Lipinski definition) is 2. The van der Waals surface area contributed by atoms with Crippen LogP contribution in [0.2, 0.25) is 0 Å². The van der Waals surface area contributed by atoms with Crippen molar-refractivity contribution in [2.75, 3.05) is 28.2 Å². The zero-order valence-corrected chi connectivity index (χ0v) is 19.1. The van der Waals surface area contributed by atoms with Crippen molar-refractivity contribution in [3.8, 4) is 0 Å². The molecule has 0 unspecified atom stereocenters. The molecule has 1 aromatic rings. The second-order valence-electron chi connectivity index (χ2n) is 5.68. The van der Waals surface area contributed by atoms with Crippen LogP contribution in [0.15, 0.2) is 42.5 Å². The molecule has 1 aromatic carbocycles. The van der Waals surface area contributed by atoms with Crippen molar-refractivity contribution >= 4 is 4.31 Å². The molecule has 2 nitrogen and oxygen atoms in total. The van der Waals surface area contributed by atoms with Crippen LogP contribution in [-0.2, 0) is 20.0 Å². The Morgan fingerprint density at radius 1 is 1.16 bits per heavy atom. The maximum absolute atomic E-state index is 3.77. The summed E-state index contributed by atoms with van der Waals surface area (Å²) in [6.45, 7) is 10.2. The van der Waals surface area contributed by atoms with Crippen LogP contribution in [0, 0.1) is 26.7 Å². The van der Waals surface area contributed by atoms with Crippen molar-refractivity contribution in [3.05, 3.63) is 60.6 Å². The summed E-state index contributed by atoms with van der Waals surface area (Å²) in [4.78, 5) is 0. The SMILES string of the molecule is CCC[CH]=[Ti+2].CNC.CNC.Cc1cc[c-](C)c1.[CH2-]CC1C=CC=C1. The van der Waals surface area contributed by atoms with Gasteiger partial charge in [-0.3, -0.25) is 0 Å². The van der Waals surface area contributed by atoms with Crippen LogP contribution in [0.1, 0.15) is 37.3 Å². The third kappa shape index (κ3) is 28.4. The molecule has 2 N–H and O–H groups in total. The van der Waals surface area contributed by atoms with E-state index in [1.807, 2.05) is 28.2 Å². The zero-order valence-electron chi connectivity index (χ0n) is 17.5. The molecule has 0 radical (unpaired) electrons. The van der Waals surface area contributed by atoms with Gasteiger partial charge in [-0.2, -0.15) is 24.1 Å². The normalized spacial score (nSPS) is 11.0. The summed E-state index contributed by atoms with van der Waals surface area (Å²) >= 11 is 2.09. The minimum atomic E-state index is 0.625. The predicted octanol–water partition coefficient (Wildman–Crippen LogP) is 4.78. The molecule has 1 aliphatic carbocycles. The van der Waals surface area contributed by atoms with Gasteiger partial charge >= 0.3 is 44.1 Å². The Morgan fingerprint density at radius 2 is 1.64 bits per heavy atom. The number of rotatable bonds is 3. The third-order valence-corrected chi connectivity index (χ3v) is 3.11. The standard InChI is InChI=1S/2C7H9.C4H8.2C2H7N.Ti/c1-6-3-4-7(2)5-6;1-2-7-5-3-4-6-7;1-3-4-2;2*1-3-2;/h3-5H,1-2H3;3-7H,1-2H2;1H,3-4H2,2H3;2*3H,1-2H3;/q2*-1;;;;+2. The second kappa shape index (κ2) is 25.6. The topological polar surface area (TPSA) is 24.1 Å². The van der Waals surface area contributed by atoms with Crippen molar-refractivity contribution in [2.24, 2.45) is 5.92 Å². The van der Waals surface area contributed by atoms with E-state index < -0.39 is 0 Å². The molecular weight excluding hydrogens is 340 g/mol. The van der Waals surface area contributed by atoms with Crippen LogP contribution < -0.4 is 10.6 Å². The summed E-state index contributed by atoms with van der Waals surface area (Å²) in [7, 11) is 7.50. The molecule has 142 valence electrons. The van der Waals surface area contributed by atoms with Crippen molar-refractivity contribution in [2.45, 2.75) is 40.0 Å². The van der Waals surface area contributed by atoms with Gasteiger partial charge in [-0.05, 0) is 34.1 Å². The van der Waals surface area contributed by atoms with Gasteiger partial charge in [-0.25, -0.2) is 11.6 Å². The molecule has 0 saturated carbocycles. The predicted molar refractivity (Wildman–Crippen MR) is 114 cm³/mol. The van der Waals surface area contributed by atoms with Gasteiger partial charge in [0.05, 0.1) is 0 Å². The van der Waals surface area contributed by atoms with Crippen LogP contribution in [0.4, 0.5) is 0 Å². The van der Waals surface area contributed by atoms with Crippen molar-refractivity contribution in [1.29, 1.82) is 0 Å². The quantitative estimate of drug-likeness (QED) is 0.582. The summed E-state index contributed by atoms with van der Waals surface area (Å²) in [6, 6.07) is 6.41. The molecule has 0 spiro atoms. The molecule has 0 bridgehead atoms. The van der Waals surface area contributed by atoms with Crippen LogP contribution in [-0.4, -0.2) is 32.5 Å². The Bertz CT molecular complexity index is 389. The summed E-state index contributed by atoms with van der Waals surface area (Å²) in [5, 5.41) is 5.50. The number of aryl methyl sites for hydroxylation is 2.